The third kappa shape index (κ3) is 4.55. The normalized spacial score (nSPS) is 20.9. The van der Waals surface area contributed by atoms with E-state index in [9.17, 15) is 16.8 Å². The molecule has 0 fully saturated rings. The van der Waals surface area contributed by atoms with Gasteiger partial charge in [-0.05, 0) is 69.5 Å². The largest absolute Gasteiger partial charge is 0.270 e. The van der Waals surface area contributed by atoms with Gasteiger partial charge in [-0.3, -0.25) is 4.31 Å². The van der Waals surface area contributed by atoms with Crippen molar-refractivity contribution < 1.29 is 16.8 Å². The second-order valence-corrected chi connectivity index (χ2v) is 13.4. The fourth-order valence-corrected chi connectivity index (χ4v) is 7.49. The molecule has 1 heterocycles. The molecule has 0 N–H and O–H groups in total. The zero-order valence-electron chi connectivity index (χ0n) is 19.5. The summed E-state index contributed by atoms with van der Waals surface area (Å²) in [6.45, 7) is 5.48. The summed E-state index contributed by atoms with van der Waals surface area (Å²) in [5.41, 5.74) is 2.88. The number of benzene rings is 3. The lowest BCUT2D eigenvalue weighted by atomic mass is 9.93. The van der Waals surface area contributed by atoms with E-state index < -0.39 is 30.6 Å². The highest BCUT2D eigenvalue weighted by Crippen LogP contribution is 2.38. The van der Waals surface area contributed by atoms with E-state index in [0.717, 1.165) is 16.7 Å². The molecule has 0 amide bonds. The van der Waals surface area contributed by atoms with Crippen LogP contribution in [0, 0.1) is 13.8 Å². The maximum atomic E-state index is 13.7. The Morgan fingerprint density at radius 1 is 0.794 bits per heavy atom. The first-order valence-electron chi connectivity index (χ1n) is 11.2. The van der Waals surface area contributed by atoms with Crippen molar-refractivity contribution >= 4 is 19.9 Å². The molecule has 0 saturated heterocycles. The summed E-state index contributed by atoms with van der Waals surface area (Å²) in [5.74, 6) is 0. The predicted molar refractivity (Wildman–Crippen MR) is 135 cm³/mol. The quantitative estimate of drug-likeness (QED) is 0.479. The SMILES string of the molecule is Cc1ccc(S(=O)(=O)N2C=C[C@](C)(S(=O)(=O)c3ccc(C)cc3)C[C@@H]2Cc2ccccc2)cc1. The molecule has 4 rings (SSSR count). The first-order valence-corrected chi connectivity index (χ1v) is 14.1. The zero-order valence-corrected chi connectivity index (χ0v) is 21.2. The molecule has 0 bridgehead atoms. The van der Waals surface area contributed by atoms with Crippen LogP contribution in [-0.4, -0.2) is 31.9 Å². The smallest absolute Gasteiger partial charge is 0.264 e. The van der Waals surface area contributed by atoms with Crippen molar-refractivity contribution in [2.75, 3.05) is 0 Å². The topological polar surface area (TPSA) is 71.5 Å². The van der Waals surface area contributed by atoms with Crippen LogP contribution in [0.15, 0.2) is 101 Å². The summed E-state index contributed by atoms with van der Waals surface area (Å²) >= 11 is 0. The van der Waals surface area contributed by atoms with Crippen LogP contribution in [0.25, 0.3) is 0 Å². The second kappa shape index (κ2) is 9.04. The molecule has 0 aromatic heterocycles. The number of hydrogen-bond donors (Lipinski definition) is 0. The minimum Gasteiger partial charge on any atom is -0.270 e. The molecule has 0 saturated carbocycles. The molecule has 3 aromatic rings. The fraction of sp³-hybridized carbons (Fsp3) is 0.259. The van der Waals surface area contributed by atoms with Gasteiger partial charge >= 0.3 is 0 Å². The first-order chi connectivity index (χ1) is 16.0. The Bertz CT molecular complexity index is 1400. The van der Waals surface area contributed by atoms with Gasteiger partial charge < -0.3 is 0 Å². The Labute approximate surface area is 202 Å². The Balaban J connectivity index is 1.78. The predicted octanol–water partition coefficient (Wildman–Crippen LogP) is 5.06. The Kier molecular flexibility index (Phi) is 6.44. The van der Waals surface area contributed by atoms with Crippen molar-refractivity contribution in [1.82, 2.24) is 4.31 Å². The highest BCUT2D eigenvalue weighted by atomic mass is 32.2. The van der Waals surface area contributed by atoms with Gasteiger partial charge in [0.25, 0.3) is 10.0 Å². The maximum Gasteiger partial charge on any atom is 0.264 e. The summed E-state index contributed by atoms with van der Waals surface area (Å²) < 4.78 is 54.6. The van der Waals surface area contributed by atoms with E-state index in [1.54, 1.807) is 55.5 Å². The highest BCUT2D eigenvalue weighted by molar-refractivity contribution is 7.93. The molecule has 178 valence electrons. The van der Waals surface area contributed by atoms with Gasteiger partial charge in [0.1, 0.15) is 0 Å². The minimum absolute atomic E-state index is 0.139. The standard InChI is InChI=1S/C27H29NO4S2/c1-21-9-13-25(14-10-21)33(29,30)27(3)17-18-28(24(20-27)19-23-7-5-4-6-8-23)34(31,32)26-15-11-22(2)12-16-26/h4-18,24H,19-20H2,1-3H3/t24-,27-/m0/s1. The van der Waals surface area contributed by atoms with E-state index in [-0.39, 0.29) is 16.2 Å². The fourth-order valence-electron chi connectivity index (χ4n) is 4.32. The average molecular weight is 496 g/mol. The van der Waals surface area contributed by atoms with E-state index in [4.69, 9.17) is 0 Å². The molecule has 1 aliphatic rings. The van der Waals surface area contributed by atoms with Crippen LogP contribution in [0.3, 0.4) is 0 Å². The van der Waals surface area contributed by atoms with Crippen molar-refractivity contribution in [2.24, 2.45) is 0 Å². The zero-order chi connectivity index (χ0) is 24.6. The molecule has 0 unspecified atom stereocenters. The summed E-state index contributed by atoms with van der Waals surface area (Å²) in [6, 6.07) is 22.5. The van der Waals surface area contributed by atoms with Crippen molar-refractivity contribution in [3.63, 3.8) is 0 Å². The van der Waals surface area contributed by atoms with Crippen LogP contribution in [0.5, 0.6) is 0 Å². The third-order valence-corrected chi connectivity index (χ3v) is 10.7. The maximum absolute atomic E-state index is 13.7. The number of rotatable bonds is 6. The van der Waals surface area contributed by atoms with Crippen LogP contribution in [0.2, 0.25) is 0 Å². The highest BCUT2D eigenvalue weighted by Gasteiger charge is 2.46. The Morgan fingerprint density at radius 3 is 1.88 bits per heavy atom. The summed E-state index contributed by atoms with van der Waals surface area (Å²) in [7, 11) is -7.61. The molecule has 0 radical (unpaired) electrons. The molecule has 5 nitrogen and oxygen atoms in total. The number of aryl methyl sites for hydroxylation is 2. The molecule has 0 spiro atoms. The number of nitrogens with zero attached hydrogens (tertiary/aromatic N) is 1. The summed E-state index contributed by atoms with van der Waals surface area (Å²) in [4.78, 5) is 0.421. The van der Waals surface area contributed by atoms with Crippen molar-refractivity contribution in [1.29, 1.82) is 0 Å². The van der Waals surface area contributed by atoms with Crippen molar-refractivity contribution in [3.8, 4) is 0 Å². The van der Waals surface area contributed by atoms with Gasteiger partial charge in [-0.15, -0.1) is 0 Å². The van der Waals surface area contributed by atoms with E-state index in [1.165, 1.54) is 16.6 Å². The van der Waals surface area contributed by atoms with E-state index in [2.05, 4.69) is 0 Å². The Hall–Kier alpha value is -2.90. The van der Waals surface area contributed by atoms with Gasteiger partial charge in [0, 0.05) is 6.20 Å². The van der Waals surface area contributed by atoms with E-state index in [0.29, 0.717) is 6.42 Å². The van der Waals surface area contributed by atoms with Crippen LogP contribution < -0.4 is 0 Å². The third-order valence-electron chi connectivity index (χ3n) is 6.43. The Morgan fingerprint density at radius 2 is 1.32 bits per heavy atom. The van der Waals surface area contributed by atoms with Gasteiger partial charge in [-0.2, -0.15) is 0 Å². The van der Waals surface area contributed by atoms with Crippen molar-refractivity contribution in [3.05, 3.63) is 108 Å². The number of sulfonamides is 1. The van der Waals surface area contributed by atoms with Crippen molar-refractivity contribution in [2.45, 2.75) is 54.2 Å². The minimum atomic E-state index is -3.86. The molecule has 0 aliphatic carbocycles. The monoisotopic (exact) mass is 495 g/mol. The molecule has 7 heteroatoms. The summed E-state index contributed by atoms with van der Waals surface area (Å²) in [5, 5.41) is 0. The number of sulfone groups is 1. The van der Waals surface area contributed by atoms with E-state index in [1.807, 2.05) is 44.2 Å². The molecule has 3 aromatic carbocycles. The van der Waals surface area contributed by atoms with Gasteiger partial charge in [-0.1, -0.05) is 65.7 Å². The van der Waals surface area contributed by atoms with Crippen LogP contribution in [0.4, 0.5) is 0 Å². The van der Waals surface area contributed by atoms with Gasteiger partial charge in [0.15, 0.2) is 9.84 Å². The van der Waals surface area contributed by atoms with Gasteiger partial charge in [0.05, 0.1) is 20.6 Å². The lowest BCUT2D eigenvalue weighted by Gasteiger charge is -2.40. The average Bonchev–Trinajstić information content (AvgIpc) is 2.80. The molecule has 2 atom stereocenters. The molecule has 34 heavy (non-hydrogen) atoms. The van der Waals surface area contributed by atoms with Crippen LogP contribution >= 0.6 is 0 Å². The second-order valence-electron chi connectivity index (χ2n) is 9.14. The molecule has 1 aliphatic heterocycles. The van der Waals surface area contributed by atoms with Crippen LogP contribution in [0.1, 0.15) is 30.0 Å². The van der Waals surface area contributed by atoms with Gasteiger partial charge in [-0.25, -0.2) is 16.8 Å². The molecular weight excluding hydrogens is 466 g/mol. The lowest BCUT2D eigenvalue weighted by molar-refractivity contribution is 0.332. The number of hydrogen-bond acceptors (Lipinski definition) is 4. The first kappa shape index (κ1) is 24.2. The molecular formula is C27H29NO4S2. The van der Waals surface area contributed by atoms with Gasteiger partial charge in [0.2, 0.25) is 0 Å². The summed E-state index contributed by atoms with van der Waals surface area (Å²) in [6.07, 6.45) is 3.50. The van der Waals surface area contributed by atoms with E-state index >= 15 is 0 Å². The van der Waals surface area contributed by atoms with Crippen LogP contribution in [-0.2, 0) is 26.3 Å². The lowest BCUT2D eigenvalue weighted by Crippen LogP contribution is -2.49.